The molecule has 0 aliphatic carbocycles. The number of aromatic nitrogens is 2. The molecule has 0 spiro atoms. The van der Waals surface area contributed by atoms with Gasteiger partial charge in [-0.25, -0.2) is 8.78 Å². The molecule has 0 aliphatic rings. The lowest BCUT2D eigenvalue weighted by Gasteiger charge is -2.14. The molecular weight excluding hydrogens is 224 g/mol. The van der Waals surface area contributed by atoms with E-state index in [0.717, 1.165) is 6.07 Å². The molecule has 17 heavy (non-hydrogen) atoms. The summed E-state index contributed by atoms with van der Waals surface area (Å²) < 4.78 is 28.4. The Morgan fingerprint density at radius 3 is 2.82 bits per heavy atom. The summed E-state index contributed by atoms with van der Waals surface area (Å²) in [5, 5.41) is 4.05. The predicted molar refractivity (Wildman–Crippen MR) is 60.3 cm³/mol. The molecule has 2 aromatic rings. The van der Waals surface area contributed by atoms with Crippen molar-refractivity contribution in [1.29, 1.82) is 0 Å². The molecule has 0 radical (unpaired) electrons. The van der Waals surface area contributed by atoms with Crippen molar-refractivity contribution in [3.8, 4) is 0 Å². The normalized spacial score (nSPS) is 12.7. The van der Waals surface area contributed by atoms with Crippen LogP contribution in [-0.2, 0) is 6.54 Å². The second-order valence-electron chi connectivity index (χ2n) is 3.69. The molecule has 1 aromatic carbocycles. The Bertz CT molecular complexity index is 522. The summed E-state index contributed by atoms with van der Waals surface area (Å²) >= 11 is 0. The summed E-state index contributed by atoms with van der Waals surface area (Å²) in [6, 6.07) is 4.99. The standard InChI is InChI=1S/C12H13F2N3/c1-2-17-10(6-7-16-17)12(15)8-4-3-5-9(13)11(8)14/h3-7,12H,2,15H2,1H3. The first kappa shape index (κ1) is 11.7. The molecule has 1 heterocycles. The quantitative estimate of drug-likeness (QED) is 0.889. The fraction of sp³-hybridized carbons (Fsp3) is 0.250. The van der Waals surface area contributed by atoms with Crippen molar-refractivity contribution in [3.63, 3.8) is 0 Å². The number of benzene rings is 1. The van der Waals surface area contributed by atoms with Gasteiger partial charge < -0.3 is 5.73 Å². The van der Waals surface area contributed by atoms with Crippen LogP contribution in [0.1, 0.15) is 24.2 Å². The number of hydrogen-bond acceptors (Lipinski definition) is 2. The van der Waals surface area contributed by atoms with Crippen molar-refractivity contribution < 1.29 is 8.78 Å². The van der Waals surface area contributed by atoms with E-state index in [1.165, 1.54) is 12.1 Å². The second-order valence-corrected chi connectivity index (χ2v) is 3.69. The largest absolute Gasteiger partial charge is 0.319 e. The summed E-state index contributed by atoms with van der Waals surface area (Å²) in [7, 11) is 0. The molecule has 0 saturated heterocycles. The minimum Gasteiger partial charge on any atom is -0.319 e. The third kappa shape index (κ3) is 2.06. The Morgan fingerprint density at radius 2 is 2.12 bits per heavy atom. The number of hydrogen-bond donors (Lipinski definition) is 1. The summed E-state index contributed by atoms with van der Waals surface area (Å²) in [6.07, 6.45) is 1.59. The predicted octanol–water partition coefficient (Wildman–Crippen LogP) is 2.23. The van der Waals surface area contributed by atoms with Crippen molar-refractivity contribution in [3.05, 3.63) is 53.4 Å². The van der Waals surface area contributed by atoms with Gasteiger partial charge in [-0.1, -0.05) is 12.1 Å². The SMILES string of the molecule is CCn1nccc1C(N)c1cccc(F)c1F. The first-order valence-electron chi connectivity index (χ1n) is 5.36. The zero-order valence-electron chi connectivity index (χ0n) is 9.40. The van der Waals surface area contributed by atoms with Crippen LogP contribution in [0.15, 0.2) is 30.5 Å². The Hall–Kier alpha value is -1.75. The van der Waals surface area contributed by atoms with Gasteiger partial charge in [0.15, 0.2) is 11.6 Å². The number of halogens is 2. The van der Waals surface area contributed by atoms with E-state index in [4.69, 9.17) is 5.73 Å². The highest BCUT2D eigenvalue weighted by Gasteiger charge is 2.18. The van der Waals surface area contributed by atoms with E-state index in [2.05, 4.69) is 5.10 Å². The van der Waals surface area contributed by atoms with Gasteiger partial charge in [-0.05, 0) is 19.1 Å². The maximum Gasteiger partial charge on any atom is 0.163 e. The lowest BCUT2D eigenvalue weighted by molar-refractivity contribution is 0.490. The van der Waals surface area contributed by atoms with Crippen molar-refractivity contribution in [2.45, 2.75) is 19.5 Å². The molecule has 2 rings (SSSR count). The van der Waals surface area contributed by atoms with Gasteiger partial charge in [0.25, 0.3) is 0 Å². The minimum atomic E-state index is -0.899. The number of rotatable bonds is 3. The zero-order chi connectivity index (χ0) is 12.4. The van der Waals surface area contributed by atoms with Gasteiger partial charge in [-0.15, -0.1) is 0 Å². The fourth-order valence-electron chi connectivity index (χ4n) is 1.79. The Morgan fingerprint density at radius 1 is 1.35 bits per heavy atom. The van der Waals surface area contributed by atoms with Gasteiger partial charge in [0.2, 0.25) is 0 Å². The Balaban J connectivity index is 2.44. The minimum absolute atomic E-state index is 0.139. The first-order valence-corrected chi connectivity index (χ1v) is 5.36. The van der Waals surface area contributed by atoms with E-state index < -0.39 is 17.7 Å². The van der Waals surface area contributed by atoms with Crippen LogP contribution in [0.3, 0.4) is 0 Å². The molecule has 0 aliphatic heterocycles. The van der Waals surface area contributed by atoms with Crippen LogP contribution in [0.4, 0.5) is 8.78 Å². The maximum atomic E-state index is 13.6. The summed E-state index contributed by atoms with van der Waals surface area (Å²) in [5.74, 6) is -1.79. The first-order chi connectivity index (χ1) is 8.15. The van der Waals surface area contributed by atoms with E-state index in [9.17, 15) is 8.78 Å². The van der Waals surface area contributed by atoms with E-state index in [1.807, 2.05) is 6.92 Å². The van der Waals surface area contributed by atoms with Gasteiger partial charge in [-0.3, -0.25) is 4.68 Å². The smallest absolute Gasteiger partial charge is 0.163 e. The Labute approximate surface area is 97.9 Å². The molecule has 90 valence electrons. The number of nitrogens with two attached hydrogens (primary N) is 1. The second kappa shape index (κ2) is 4.63. The lowest BCUT2D eigenvalue weighted by Crippen LogP contribution is -2.18. The lowest BCUT2D eigenvalue weighted by atomic mass is 10.0. The molecular formula is C12H13F2N3. The van der Waals surface area contributed by atoms with Crippen LogP contribution in [0.2, 0.25) is 0 Å². The van der Waals surface area contributed by atoms with Gasteiger partial charge in [-0.2, -0.15) is 5.10 Å². The van der Waals surface area contributed by atoms with Crippen LogP contribution in [0.25, 0.3) is 0 Å². The molecule has 1 unspecified atom stereocenters. The monoisotopic (exact) mass is 237 g/mol. The highest BCUT2D eigenvalue weighted by molar-refractivity contribution is 5.29. The van der Waals surface area contributed by atoms with Gasteiger partial charge in [0.05, 0.1) is 11.7 Å². The average molecular weight is 237 g/mol. The third-order valence-electron chi connectivity index (χ3n) is 2.68. The molecule has 0 bridgehead atoms. The van der Waals surface area contributed by atoms with Crippen molar-refractivity contribution in [1.82, 2.24) is 9.78 Å². The average Bonchev–Trinajstić information content (AvgIpc) is 2.80. The van der Waals surface area contributed by atoms with Crippen molar-refractivity contribution in [2.75, 3.05) is 0 Å². The molecule has 3 nitrogen and oxygen atoms in total. The van der Waals surface area contributed by atoms with Crippen molar-refractivity contribution in [2.24, 2.45) is 5.73 Å². The van der Waals surface area contributed by atoms with E-state index >= 15 is 0 Å². The van der Waals surface area contributed by atoms with E-state index in [-0.39, 0.29) is 5.56 Å². The number of aryl methyl sites for hydroxylation is 1. The topological polar surface area (TPSA) is 43.8 Å². The zero-order valence-corrected chi connectivity index (χ0v) is 9.40. The molecule has 1 atom stereocenters. The molecule has 1 aromatic heterocycles. The summed E-state index contributed by atoms with van der Waals surface area (Å²) in [5.41, 5.74) is 6.74. The molecule has 2 N–H and O–H groups in total. The fourth-order valence-corrected chi connectivity index (χ4v) is 1.79. The van der Waals surface area contributed by atoms with Crippen LogP contribution in [-0.4, -0.2) is 9.78 Å². The number of nitrogens with zero attached hydrogens (tertiary/aromatic N) is 2. The molecule has 0 saturated carbocycles. The highest BCUT2D eigenvalue weighted by atomic mass is 19.2. The van der Waals surface area contributed by atoms with Gasteiger partial charge >= 0.3 is 0 Å². The van der Waals surface area contributed by atoms with Crippen LogP contribution < -0.4 is 5.73 Å². The molecule has 0 fully saturated rings. The molecule has 5 heteroatoms. The third-order valence-corrected chi connectivity index (χ3v) is 2.68. The highest BCUT2D eigenvalue weighted by Crippen LogP contribution is 2.23. The van der Waals surface area contributed by atoms with Crippen molar-refractivity contribution >= 4 is 0 Å². The summed E-state index contributed by atoms with van der Waals surface area (Å²) in [6.45, 7) is 2.54. The summed E-state index contributed by atoms with van der Waals surface area (Å²) in [4.78, 5) is 0. The van der Waals surface area contributed by atoms with E-state index in [1.54, 1.807) is 16.9 Å². The van der Waals surface area contributed by atoms with Crippen LogP contribution in [0, 0.1) is 11.6 Å². The van der Waals surface area contributed by atoms with Crippen LogP contribution >= 0.6 is 0 Å². The van der Waals surface area contributed by atoms with Crippen LogP contribution in [0.5, 0.6) is 0 Å². The van der Waals surface area contributed by atoms with Gasteiger partial charge in [0.1, 0.15) is 0 Å². The maximum absolute atomic E-state index is 13.6. The van der Waals surface area contributed by atoms with Gasteiger partial charge in [0, 0.05) is 18.3 Å². The molecule has 0 amide bonds. The van der Waals surface area contributed by atoms with E-state index in [0.29, 0.717) is 12.2 Å². The Kier molecular flexibility index (Phi) is 3.19.